The number of nitrogen functional groups attached to an aromatic ring is 1. The largest absolute Gasteiger partial charge is 0.488 e. The Balaban J connectivity index is 0.00000225. The van der Waals surface area contributed by atoms with E-state index in [9.17, 15) is 4.79 Å². The number of anilines is 1. The summed E-state index contributed by atoms with van der Waals surface area (Å²) in [6.45, 7) is 6.86. The van der Waals surface area contributed by atoms with E-state index in [1.54, 1.807) is 4.90 Å². The summed E-state index contributed by atoms with van der Waals surface area (Å²) in [4.78, 5) is 21.1. The van der Waals surface area contributed by atoms with E-state index in [1.165, 1.54) is 0 Å². The summed E-state index contributed by atoms with van der Waals surface area (Å²) >= 11 is 0. The van der Waals surface area contributed by atoms with Gasteiger partial charge in [-0.05, 0) is 32.9 Å². The minimum Gasteiger partial charge on any atom is -0.488 e. The predicted molar refractivity (Wildman–Crippen MR) is 99.2 cm³/mol. The standard InChI is InChI=1S/C17H24N4O3.ClH/c1-17(2,3)24-16(22)21-9-7-11(8-10-21)23-13-6-4-5-12-14(13)20-15(18)19-12;/h4-6,11H,7-10H2,1-3H3,(H3,18,19,20);1H. The lowest BCUT2D eigenvalue weighted by molar-refractivity contribution is 0.0127. The number of aromatic amines is 1. The Morgan fingerprint density at radius 1 is 1.32 bits per heavy atom. The van der Waals surface area contributed by atoms with Crippen molar-refractivity contribution >= 4 is 35.5 Å². The average Bonchev–Trinajstić information content (AvgIpc) is 2.87. The zero-order chi connectivity index (χ0) is 17.3. The Morgan fingerprint density at radius 3 is 2.64 bits per heavy atom. The van der Waals surface area contributed by atoms with E-state index < -0.39 is 5.60 Å². The number of hydrogen-bond acceptors (Lipinski definition) is 5. The lowest BCUT2D eigenvalue weighted by Gasteiger charge is -2.33. The molecule has 138 valence electrons. The lowest BCUT2D eigenvalue weighted by atomic mass is 10.1. The molecule has 7 nitrogen and oxygen atoms in total. The Hall–Kier alpha value is -2.15. The summed E-state index contributed by atoms with van der Waals surface area (Å²) in [5.41, 5.74) is 6.84. The van der Waals surface area contributed by atoms with Gasteiger partial charge >= 0.3 is 6.09 Å². The molecular weight excluding hydrogens is 344 g/mol. The second kappa shape index (κ2) is 7.39. The Morgan fingerprint density at radius 2 is 2.00 bits per heavy atom. The number of rotatable bonds is 2. The van der Waals surface area contributed by atoms with Crippen molar-refractivity contribution < 1.29 is 14.3 Å². The number of nitrogens with one attached hydrogen (secondary N) is 1. The number of likely N-dealkylation sites (tertiary alicyclic amines) is 1. The van der Waals surface area contributed by atoms with Gasteiger partial charge in [-0.25, -0.2) is 9.78 Å². The van der Waals surface area contributed by atoms with Crippen LogP contribution in [0, 0.1) is 0 Å². The smallest absolute Gasteiger partial charge is 0.410 e. The SMILES string of the molecule is CC(C)(C)OC(=O)N1CCC(Oc2cccc3[nH]c(N)nc23)CC1.Cl. The zero-order valence-corrected chi connectivity index (χ0v) is 15.6. The molecule has 0 unspecified atom stereocenters. The van der Waals surface area contributed by atoms with Crippen LogP contribution in [0.3, 0.4) is 0 Å². The first-order valence-corrected chi connectivity index (χ1v) is 8.20. The van der Waals surface area contributed by atoms with E-state index in [2.05, 4.69) is 9.97 Å². The number of nitrogens with zero attached hydrogens (tertiary/aromatic N) is 2. The number of piperidine rings is 1. The number of halogens is 1. The van der Waals surface area contributed by atoms with Crippen molar-refractivity contribution in [2.24, 2.45) is 0 Å². The number of H-pyrrole nitrogens is 1. The molecule has 1 aliphatic heterocycles. The van der Waals surface area contributed by atoms with Gasteiger partial charge in [-0.2, -0.15) is 0 Å². The molecule has 1 saturated heterocycles. The third-order valence-corrected chi connectivity index (χ3v) is 3.88. The number of fused-ring (bicyclic) bond motifs is 1. The molecule has 2 aromatic rings. The Labute approximate surface area is 153 Å². The first-order valence-electron chi connectivity index (χ1n) is 8.20. The van der Waals surface area contributed by atoms with Gasteiger partial charge in [0.25, 0.3) is 0 Å². The van der Waals surface area contributed by atoms with Crippen LogP contribution in [-0.2, 0) is 4.74 Å². The van der Waals surface area contributed by atoms with E-state index in [1.807, 2.05) is 39.0 Å². The first-order chi connectivity index (χ1) is 11.3. The number of benzene rings is 1. The van der Waals surface area contributed by atoms with Crippen LogP contribution >= 0.6 is 12.4 Å². The predicted octanol–water partition coefficient (Wildman–Crippen LogP) is 3.35. The van der Waals surface area contributed by atoms with Crippen molar-refractivity contribution in [1.29, 1.82) is 0 Å². The number of amides is 1. The van der Waals surface area contributed by atoms with Crippen LogP contribution in [0.5, 0.6) is 5.75 Å². The summed E-state index contributed by atoms with van der Waals surface area (Å²) in [7, 11) is 0. The fourth-order valence-electron chi connectivity index (χ4n) is 2.78. The highest BCUT2D eigenvalue weighted by molar-refractivity contribution is 5.85. The van der Waals surface area contributed by atoms with Gasteiger partial charge in [0, 0.05) is 25.9 Å². The summed E-state index contributed by atoms with van der Waals surface area (Å²) in [6.07, 6.45) is 1.31. The summed E-state index contributed by atoms with van der Waals surface area (Å²) in [6, 6.07) is 5.71. The van der Waals surface area contributed by atoms with Crippen molar-refractivity contribution in [2.45, 2.75) is 45.3 Å². The number of para-hydroxylation sites is 1. The van der Waals surface area contributed by atoms with Crippen molar-refractivity contribution in [3.05, 3.63) is 18.2 Å². The van der Waals surface area contributed by atoms with Crippen LogP contribution in [-0.4, -0.2) is 45.8 Å². The number of nitrogens with two attached hydrogens (primary N) is 1. The van der Waals surface area contributed by atoms with E-state index in [0.717, 1.165) is 29.6 Å². The van der Waals surface area contributed by atoms with Gasteiger partial charge in [-0.15, -0.1) is 12.4 Å². The minimum absolute atomic E-state index is 0. The van der Waals surface area contributed by atoms with Gasteiger partial charge in [0.15, 0.2) is 5.95 Å². The maximum absolute atomic E-state index is 12.1. The fourth-order valence-corrected chi connectivity index (χ4v) is 2.78. The molecule has 2 heterocycles. The van der Waals surface area contributed by atoms with Gasteiger partial charge in [-0.3, -0.25) is 0 Å². The molecule has 25 heavy (non-hydrogen) atoms. The number of imidazole rings is 1. The first kappa shape index (κ1) is 19.2. The second-order valence-electron chi connectivity index (χ2n) is 7.06. The van der Waals surface area contributed by atoms with E-state index in [4.69, 9.17) is 15.2 Å². The number of carbonyl (C=O) groups excluding carboxylic acids is 1. The van der Waals surface area contributed by atoms with Gasteiger partial charge in [0.1, 0.15) is 23.0 Å². The normalized spacial score (nSPS) is 15.7. The molecule has 1 aromatic heterocycles. The molecule has 0 radical (unpaired) electrons. The monoisotopic (exact) mass is 368 g/mol. The average molecular weight is 369 g/mol. The Kier molecular flexibility index (Phi) is 5.67. The maximum atomic E-state index is 12.1. The van der Waals surface area contributed by atoms with Crippen LogP contribution in [0.2, 0.25) is 0 Å². The highest BCUT2D eigenvalue weighted by atomic mass is 35.5. The van der Waals surface area contributed by atoms with Gasteiger partial charge in [0.2, 0.25) is 0 Å². The van der Waals surface area contributed by atoms with Crippen LogP contribution in [0.4, 0.5) is 10.7 Å². The summed E-state index contributed by atoms with van der Waals surface area (Å²) < 4.78 is 11.5. The molecule has 1 aromatic carbocycles. The van der Waals surface area contributed by atoms with E-state index in [0.29, 0.717) is 19.0 Å². The molecule has 0 saturated carbocycles. The van der Waals surface area contributed by atoms with E-state index in [-0.39, 0.29) is 24.6 Å². The van der Waals surface area contributed by atoms with Crippen molar-refractivity contribution in [1.82, 2.24) is 14.9 Å². The van der Waals surface area contributed by atoms with Crippen LogP contribution in [0.1, 0.15) is 33.6 Å². The van der Waals surface area contributed by atoms with Crippen molar-refractivity contribution in [3.8, 4) is 5.75 Å². The van der Waals surface area contributed by atoms with Gasteiger partial charge < -0.3 is 25.1 Å². The van der Waals surface area contributed by atoms with Crippen LogP contribution in [0.15, 0.2) is 18.2 Å². The van der Waals surface area contributed by atoms with Gasteiger partial charge in [-0.1, -0.05) is 6.07 Å². The fraction of sp³-hybridized carbons (Fsp3) is 0.529. The molecule has 0 spiro atoms. The molecule has 1 fully saturated rings. The molecule has 3 N–H and O–H groups in total. The molecule has 3 rings (SSSR count). The molecule has 0 aliphatic carbocycles. The van der Waals surface area contributed by atoms with Crippen molar-refractivity contribution in [2.75, 3.05) is 18.8 Å². The third kappa shape index (κ3) is 4.69. The number of aromatic nitrogens is 2. The van der Waals surface area contributed by atoms with Crippen molar-refractivity contribution in [3.63, 3.8) is 0 Å². The minimum atomic E-state index is -0.472. The summed E-state index contributed by atoms with van der Waals surface area (Å²) in [5.74, 6) is 1.09. The van der Waals surface area contributed by atoms with Gasteiger partial charge in [0.05, 0.1) is 5.52 Å². The van der Waals surface area contributed by atoms with E-state index >= 15 is 0 Å². The molecule has 0 atom stereocenters. The molecule has 1 amide bonds. The highest BCUT2D eigenvalue weighted by Crippen LogP contribution is 2.27. The zero-order valence-electron chi connectivity index (χ0n) is 14.7. The number of hydrogen-bond donors (Lipinski definition) is 2. The molecule has 0 bridgehead atoms. The molecule has 8 heteroatoms. The maximum Gasteiger partial charge on any atom is 0.410 e. The third-order valence-electron chi connectivity index (χ3n) is 3.88. The molecule has 1 aliphatic rings. The lowest BCUT2D eigenvalue weighted by Crippen LogP contribution is -2.44. The Bertz CT molecular complexity index is 733. The summed E-state index contributed by atoms with van der Waals surface area (Å²) in [5, 5.41) is 0. The number of carbonyl (C=O) groups is 1. The van der Waals surface area contributed by atoms with Crippen LogP contribution in [0.25, 0.3) is 11.0 Å². The molecular formula is C17H25ClN4O3. The quantitative estimate of drug-likeness (QED) is 0.847. The highest BCUT2D eigenvalue weighted by Gasteiger charge is 2.28. The number of ether oxygens (including phenoxy) is 2. The van der Waals surface area contributed by atoms with Crippen LogP contribution < -0.4 is 10.5 Å². The second-order valence-corrected chi connectivity index (χ2v) is 7.06. The topological polar surface area (TPSA) is 93.5 Å².